The van der Waals surface area contributed by atoms with Gasteiger partial charge in [-0.05, 0) is 19.8 Å². The second-order valence-electron chi connectivity index (χ2n) is 3.88. The van der Waals surface area contributed by atoms with E-state index in [1.807, 2.05) is 0 Å². The van der Waals surface area contributed by atoms with Crippen molar-refractivity contribution in [2.75, 3.05) is 13.2 Å². The molecule has 0 bridgehead atoms. The SMILES string of the molecule is Cc1nc(Cl)sc1S(=O)(=O)NC1CCCOC1. The summed E-state index contributed by atoms with van der Waals surface area (Å²) in [6, 6.07) is -0.158. The Hall–Kier alpha value is -0.210. The first-order valence-electron chi connectivity index (χ1n) is 5.22. The van der Waals surface area contributed by atoms with Gasteiger partial charge in [0.1, 0.15) is 0 Å². The maximum Gasteiger partial charge on any atom is 0.252 e. The van der Waals surface area contributed by atoms with Gasteiger partial charge in [0.05, 0.1) is 12.3 Å². The number of halogens is 1. The molecule has 17 heavy (non-hydrogen) atoms. The minimum absolute atomic E-state index is 0.158. The Kier molecular flexibility index (Phi) is 4.04. The predicted octanol–water partition coefficient (Wildman–Crippen LogP) is 1.56. The Morgan fingerprint density at radius 3 is 2.88 bits per heavy atom. The van der Waals surface area contributed by atoms with Crippen molar-refractivity contribution in [2.24, 2.45) is 0 Å². The summed E-state index contributed by atoms with van der Waals surface area (Å²) in [5.41, 5.74) is 0.434. The highest BCUT2D eigenvalue weighted by Gasteiger charge is 2.26. The van der Waals surface area contributed by atoms with E-state index in [9.17, 15) is 8.42 Å². The summed E-state index contributed by atoms with van der Waals surface area (Å²) in [5.74, 6) is 0. The molecular weight excluding hydrogens is 284 g/mol. The van der Waals surface area contributed by atoms with Crippen LogP contribution in [0.25, 0.3) is 0 Å². The second kappa shape index (κ2) is 5.19. The number of nitrogens with zero attached hydrogens (tertiary/aromatic N) is 1. The van der Waals surface area contributed by atoms with Crippen molar-refractivity contribution in [2.45, 2.75) is 30.0 Å². The van der Waals surface area contributed by atoms with Gasteiger partial charge in [0.2, 0.25) is 0 Å². The fourth-order valence-corrected chi connectivity index (χ4v) is 4.72. The number of rotatable bonds is 3. The fourth-order valence-electron chi connectivity index (χ4n) is 1.71. The fraction of sp³-hybridized carbons (Fsp3) is 0.667. The highest BCUT2D eigenvalue weighted by atomic mass is 35.5. The van der Waals surface area contributed by atoms with E-state index in [1.165, 1.54) is 0 Å². The molecule has 96 valence electrons. The van der Waals surface area contributed by atoms with E-state index in [0.717, 1.165) is 24.2 Å². The number of aromatic nitrogens is 1. The van der Waals surface area contributed by atoms with Gasteiger partial charge in [-0.15, -0.1) is 0 Å². The van der Waals surface area contributed by atoms with Crippen LogP contribution >= 0.6 is 22.9 Å². The first-order chi connectivity index (χ1) is 7.99. The molecule has 0 aromatic carbocycles. The molecular formula is C9H13ClN2O3S2. The van der Waals surface area contributed by atoms with Crippen LogP contribution in [-0.4, -0.2) is 32.7 Å². The van der Waals surface area contributed by atoms with Crippen LogP contribution in [0.5, 0.6) is 0 Å². The molecule has 1 aromatic rings. The first kappa shape index (κ1) is 13.2. The number of thiazole rings is 1. The van der Waals surface area contributed by atoms with Crippen LogP contribution in [0.15, 0.2) is 4.21 Å². The lowest BCUT2D eigenvalue weighted by Gasteiger charge is -2.22. The van der Waals surface area contributed by atoms with E-state index in [0.29, 0.717) is 18.9 Å². The molecule has 0 radical (unpaired) electrons. The molecule has 1 saturated heterocycles. The van der Waals surface area contributed by atoms with Crippen LogP contribution in [-0.2, 0) is 14.8 Å². The van der Waals surface area contributed by atoms with Crippen LogP contribution < -0.4 is 4.72 Å². The molecule has 0 amide bonds. The molecule has 1 N–H and O–H groups in total. The van der Waals surface area contributed by atoms with Gasteiger partial charge >= 0.3 is 0 Å². The zero-order valence-electron chi connectivity index (χ0n) is 9.27. The van der Waals surface area contributed by atoms with Crippen LogP contribution in [0.2, 0.25) is 4.47 Å². The van der Waals surface area contributed by atoms with Crippen molar-refractivity contribution in [1.29, 1.82) is 0 Å². The Balaban J connectivity index is 2.15. The van der Waals surface area contributed by atoms with Gasteiger partial charge in [-0.2, -0.15) is 0 Å². The lowest BCUT2D eigenvalue weighted by atomic mass is 10.1. The minimum Gasteiger partial charge on any atom is -0.380 e. The number of aryl methyl sites for hydroxylation is 1. The summed E-state index contributed by atoms with van der Waals surface area (Å²) < 4.78 is 32.4. The third-order valence-electron chi connectivity index (χ3n) is 2.45. The topological polar surface area (TPSA) is 68.3 Å². The highest BCUT2D eigenvalue weighted by Crippen LogP contribution is 2.27. The van der Waals surface area contributed by atoms with Crippen molar-refractivity contribution in [1.82, 2.24) is 9.71 Å². The molecule has 0 aliphatic carbocycles. The van der Waals surface area contributed by atoms with Gasteiger partial charge in [-0.25, -0.2) is 18.1 Å². The van der Waals surface area contributed by atoms with E-state index in [1.54, 1.807) is 6.92 Å². The van der Waals surface area contributed by atoms with Crippen molar-refractivity contribution in [3.05, 3.63) is 10.2 Å². The molecule has 1 fully saturated rings. The van der Waals surface area contributed by atoms with Gasteiger partial charge in [-0.3, -0.25) is 0 Å². The number of hydrogen-bond donors (Lipinski definition) is 1. The normalized spacial score (nSPS) is 21.6. The standard InChI is InChI=1S/C9H13ClN2O3S2/c1-6-8(16-9(10)11-6)17(13,14)12-7-3-2-4-15-5-7/h7,12H,2-5H2,1H3. The first-order valence-corrected chi connectivity index (χ1v) is 7.90. The summed E-state index contributed by atoms with van der Waals surface area (Å²) in [6.07, 6.45) is 1.67. The minimum atomic E-state index is -3.53. The summed E-state index contributed by atoms with van der Waals surface area (Å²) in [7, 11) is -3.53. The summed E-state index contributed by atoms with van der Waals surface area (Å²) >= 11 is 6.68. The number of hydrogen-bond acceptors (Lipinski definition) is 5. The van der Waals surface area contributed by atoms with E-state index < -0.39 is 10.0 Å². The summed E-state index contributed by atoms with van der Waals surface area (Å²) in [6.45, 7) is 2.75. The smallest absolute Gasteiger partial charge is 0.252 e. The molecule has 1 aliphatic rings. The summed E-state index contributed by atoms with van der Waals surface area (Å²) in [5, 5.41) is 0. The van der Waals surface area contributed by atoms with Crippen LogP contribution in [0.4, 0.5) is 0 Å². The third-order valence-corrected chi connectivity index (χ3v) is 5.85. The molecule has 2 heterocycles. The monoisotopic (exact) mass is 296 g/mol. The molecule has 1 aromatic heterocycles. The Morgan fingerprint density at radius 2 is 2.35 bits per heavy atom. The molecule has 1 atom stereocenters. The van der Waals surface area contributed by atoms with Crippen LogP contribution in [0.3, 0.4) is 0 Å². The van der Waals surface area contributed by atoms with Gasteiger partial charge in [0.15, 0.2) is 8.68 Å². The van der Waals surface area contributed by atoms with Crippen molar-refractivity contribution in [3.63, 3.8) is 0 Å². The van der Waals surface area contributed by atoms with E-state index in [2.05, 4.69) is 9.71 Å². The summed E-state index contributed by atoms with van der Waals surface area (Å²) in [4.78, 5) is 3.90. The van der Waals surface area contributed by atoms with Crippen LogP contribution in [0, 0.1) is 6.92 Å². The Bertz CT molecular complexity index is 494. The van der Waals surface area contributed by atoms with E-state index in [-0.39, 0.29) is 14.7 Å². The number of ether oxygens (including phenoxy) is 1. The molecule has 0 spiro atoms. The van der Waals surface area contributed by atoms with Gasteiger partial charge in [0.25, 0.3) is 10.0 Å². The maximum atomic E-state index is 12.1. The Labute approximate surface area is 109 Å². The van der Waals surface area contributed by atoms with Gasteiger partial charge < -0.3 is 4.74 Å². The number of nitrogens with one attached hydrogen (secondary N) is 1. The zero-order valence-corrected chi connectivity index (χ0v) is 11.7. The van der Waals surface area contributed by atoms with Crippen LogP contribution in [0.1, 0.15) is 18.5 Å². The van der Waals surface area contributed by atoms with Gasteiger partial charge in [-0.1, -0.05) is 22.9 Å². The molecule has 8 heteroatoms. The third kappa shape index (κ3) is 3.17. The molecule has 1 unspecified atom stereocenters. The lowest BCUT2D eigenvalue weighted by Crippen LogP contribution is -2.40. The lowest BCUT2D eigenvalue weighted by molar-refractivity contribution is 0.0774. The van der Waals surface area contributed by atoms with Gasteiger partial charge in [0, 0.05) is 12.6 Å². The molecule has 0 saturated carbocycles. The Morgan fingerprint density at radius 1 is 1.59 bits per heavy atom. The maximum absolute atomic E-state index is 12.1. The largest absolute Gasteiger partial charge is 0.380 e. The molecule has 5 nitrogen and oxygen atoms in total. The highest BCUT2D eigenvalue weighted by molar-refractivity contribution is 7.91. The van der Waals surface area contributed by atoms with E-state index >= 15 is 0 Å². The molecule has 2 rings (SSSR count). The average Bonchev–Trinajstić information content (AvgIpc) is 2.59. The zero-order chi connectivity index (χ0) is 12.5. The quantitative estimate of drug-likeness (QED) is 0.919. The van der Waals surface area contributed by atoms with Crippen molar-refractivity contribution in [3.8, 4) is 0 Å². The second-order valence-corrected chi connectivity index (χ2v) is 7.37. The molecule has 1 aliphatic heterocycles. The van der Waals surface area contributed by atoms with Crippen molar-refractivity contribution < 1.29 is 13.2 Å². The predicted molar refractivity (Wildman–Crippen MR) is 66.0 cm³/mol. The average molecular weight is 297 g/mol. The van der Waals surface area contributed by atoms with Crippen molar-refractivity contribution >= 4 is 33.0 Å². The van der Waals surface area contributed by atoms with E-state index in [4.69, 9.17) is 16.3 Å². The number of sulfonamides is 1.